The normalized spacial score (nSPS) is 15.2. The van der Waals surface area contributed by atoms with E-state index in [1.807, 2.05) is 33.7 Å². The molecule has 0 atom stereocenters. The molecule has 9 nitrogen and oxygen atoms in total. The van der Waals surface area contributed by atoms with Crippen LogP contribution in [-0.4, -0.2) is 58.9 Å². The summed E-state index contributed by atoms with van der Waals surface area (Å²) in [7, 11) is 0. The molecule has 0 unspecified atom stereocenters. The molecule has 0 aromatic carbocycles. The molecule has 1 amide bonds. The van der Waals surface area contributed by atoms with Gasteiger partial charge in [-0.05, 0) is 37.1 Å². The largest absolute Gasteiger partial charge is 0.339 e. The van der Waals surface area contributed by atoms with Gasteiger partial charge >= 0.3 is 0 Å². The van der Waals surface area contributed by atoms with E-state index < -0.39 is 0 Å². The molecular formula is C19H18N8O. The Balaban J connectivity index is 1.37. The van der Waals surface area contributed by atoms with E-state index in [4.69, 9.17) is 5.10 Å². The number of likely N-dealkylation sites (tertiary alicyclic amines) is 1. The molecule has 0 saturated carbocycles. The van der Waals surface area contributed by atoms with Gasteiger partial charge in [0.2, 0.25) is 0 Å². The molecule has 5 heterocycles. The minimum Gasteiger partial charge on any atom is -0.339 e. The highest BCUT2D eigenvalue weighted by Crippen LogP contribution is 2.28. The van der Waals surface area contributed by atoms with Crippen LogP contribution in [0, 0.1) is 0 Å². The number of H-pyrrole nitrogens is 1. The van der Waals surface area contributed by atoms with Crippen LogP contribution in [0.3, 0.4) is 0 Å². The molecular weight excluding hydrogens is 356 g/mol. The van der Waals surface area contributed by atoms with E-state index >= 15 is 0 Å². The SMILES string of the molecule is O=C(c1cn[nH]c1)N1CCC(c2nnc3ccc(-c4cccnc4)nn23)CC1. The van der Waals surface area contributed by atoms with Crippen LogP contribution in [0.5, 0.6) is 0 Å². The van der Waals surface area contributed by atoms with Crippen LogP contribution in [0.4, 0.5) is 0 Å². The Kier molecular flexibility index (Phi) is 4.04. The topological polar surface area (TPSA) is 105 Å². The summed E-state index contributed by atoms with van der Waals surface area (Å²) in [5.74, 6) is 1.06. The Morgan fingerprint density at radius 2 is 2.00 bits per heavy atom. The van der Waals surface area contributed by atoms with E-state index in [0.29, 0.717) is 18.7 Å². The minimum atomic E-state index is 0.00953. The smallest absolute Gasteiger partial charge is 0.257 e. The first-order chi connectivity index (χ1) is 13.8. The van der Waals surface area contributed by atoms with Crippen LogP contribution >= 0.6 is 0 Å². The van der Waals surface area contributed by atoms with Gasteiger partial charge in [0, 0.05) is 43.2 Å². The molecule has 4 aromatic rings. The van der Waals surface area contributed by atoms with E-state index in [9.17, 15) is 4.79 Å². The zero-order chi connectivity index (χ0) is 18.9. The number of hydrogen-bond acceptors (Lipinski definition) is 6. The summed E-state index contributed by atoms with van der Waals surface area (Å²) in [6.45, 7) is 1.35. The summed E-state index contributed by atoms with van der Waals surface area (Å²) in [5, 5.41) is 19.9. The van der Waals surface area contributed by atoms with Crippen molar-refractivity contribution in [1.82, 2.24) is 39.9 Å². The zero-order valence-corrected chi connectivity index (χ0v) is 15.1. The molecule has 1 fully saturated rings. The number of piperidine rings is 1. The molecule has 1 saturated heterocycles. The summed E-state index contributed by atoms with van der Waals surface area (Å²) in [4.78, 5) is 18.5. The molecule has 1 N–H and O–H groups in total. The second-order valence-electron chi connectivity index (χ2n) is 6.84. The lowest BCUT2D eigenvalue weighted by atomic mass is 9.96. The van der Waals surface area contributed by atoms with Crippen molar-refractivity contribution in [3.05, 3.63) is 60.4 Å². The third-order valence-corrected chi connectivity index (χ3v) is 5.14. The predicted octanol–water partition coefficient (Wildman–Crippen LogP) is 1.93. The van der Waals surface area contributed by atoms with Crippen molar-refractivity contribution in [2.24, 2.45) is 0 Å². The van der Waals surface area contributed by atoms with Gasteiger partial charge in [-0.15, -0.1) is 10.2 Å². The average Bonchev–Trinajstić information content (AvgIpc) is 3.44. The van der Waals surface area contributed by atoms with Crippen LogP contribution in [0.2, 0.25) is 0 Å². The van der Waals surface area contributed by atoms with Gasteiger partial charge < -0.3 is 4.90 Å². The second kappa shape index (κ2) is 6.84. The third kappa shape index (κ3) is 2.90. The Labute approximate surface area is 160 Å². The molecule has 4 aromatic heterocycles. The van der Waals surface area contributed by atoms with Gasteiger partial charge in [0.1, 0.15) is 0 Å². The number of nitrogens with zero attached hydrogens (tertiary/aromatic N) is 7. The maximum absolute atomic E-state index is 12.5. The van der Waals surface area contributed by atoms with Crippen molar-refractivity contribution in [3.63, 3.8) is 0 Å². The molecule has 140 valence electrons. The predicted molar refractivity (Wildman–Crippen MR) is 100 cm³/mol. The van der Waals surface area contributed by atoms with Gasteiger partial charge in [-0.25, -0.2) is 0 Å². The van der Waals surface area contributed by atoms with Crippen molar-refractivity contribution in [2.75, 3.05) is 13.1 Å². The highest BCUT2D eigenvalue weighted by molar-refractivity contribution is 5.93. The van der Waals surface area contributed by atoms with E-state index in [-0.39, 0.29) is 11.8 Å². The lowest BCUT2D eigenvalue weighted by molar-refractivity contribution is 0.0710. The van der Waals surface area contributed by atoms with Crippen LogP contribution in [0.15, 0.2) is 49.1 Å². The standard InChI is InChI=1S/C19H18N8O/c28-19(15-11-21-22-12-15)26-8-5-13(6-9-26)18-24-23-17-4-3-16(25-27(17)18)14-2-1-7-20-10-14/h1-4,7,10-13H,5-6,8-9H2,(H,21,22). The molecule has 0 bridgehead atoms. The molecule has 28 heavy (non-hydrogen) atoms. The number of nitrogens with one attached hydrogen (secondary N) is 1. The fraction of sp³-hybridized carbons (Fsp3) is 0.263. The van der Waals surface area contributed by atoms with E-state index in [1.54, 1.807) is 24.8 Å². The first-order valence-electron chi connectivity index (χ1n) is 9.20. The summed E-state index contributed by atoms with van der Waals surface area (Å²) >= 11 is 0. The summed E-state index contributed by atoms with van der Waals surface area (Å²) in [5.41, 5.74) is 3.09. The number of carbonyl (C=O) groups is 1. The zero-order valence-electron chi connectivity index (χ0n) is 15.1. The number of rotatable bonds is 3. The molecule has 9 heteroatoms. The quantitative estimate of drug-likeness (QED) is 0.587. The molecule has 0 spiro atoms. The fourth-order valence-electron chi connectivity index (χ4n) is 3.62. The Bertz CT molecular complexity index is 1100. The van der Waals surface area contributed by atoms with Crippen molar-refractivity contribution >= 4 is 11.6 Å². The van der Waals surface area contributed by atoms with E-state index in [0.717, 1.165) is 35.6 Å². The number of amides is 1. The second-order valence-corrected chi connectivity index (χ2v) is 6.84. The summed E-state index contributed by atoms with van der Waals surface area (Å²) in [6.07, 6.45) is 8.37. The van der Waals surface area contributed by atoms with Crippen LogP contribution < -0.4 is 0 Å². The van der Waals surface area contributed by atoms with Gasteiger partial charge in [0.05, 0.1) is 17.5 Å². The summed E-state index contributed by atoms with van der Waals surface area (Å²) in [6, 6.07) is 7.71. The van der Waals surface area contributed by atoms with Gasteiger partial charge in [-0.2, -0.15) is 14.7 Å². The van der Waals surface area contributed by atoms with E-state index in [2.05, 4.69) is 25.4 Å². The van der Waals surface area contributed by atoms with Crippen molar-refractivity contribution in [3.8, 4) is 11.3 Å². The average molecular weight is 374 g/mol. The Morgan fingerprint density at radius 3 is 2.75 bits per heavy atom. The van der Waals surface area contributed by atoms with Gasteiger partial charge in [0.15, 0.2) is 11.5 Å². The number of aromatic amines is 1. The van der Waals surface area contributed by atoms with Gasteiger partial charge in [0.25, 0.3) is 5.91 Å². The maximum Gasteiger partial charge on any atom is 0.257 e. The molecule has 0 aliphatic carbocycles. The number of fused-ring (bicyclic) bond motifs is 1. The van der Waals surface area contributed by atoms with Crippen LogP contribution in [-0.2, 0) is 0 Å². The molecule has 1 aliphatic rings. The van der Waals surface area contributed by atoms with Crippen LogP contribution in [0.25, 0.3) is 16.9 Å². The molecule has 0 radical (unpaired) electrons. The number of hydrogen-bond donors (Lipinski definition) is 1. The highest BCUT2D eigenvalue weighted by atomic mass is 16.2. The first-order valence-corrected chi connectivity index (χ1v) is 9.20. The lowest BCUT2D eigenvalue weighted by Gasteiger charge is -2.30. The fourth-order valence-corrected chi connectivity index (χ4v) is 3.62. The number of carbonyl (C=O) groups excluding carboxylic acids is 1. The van der Waals surface area contributed by atoms with E-state index in [1.165, 1.54) is 0 Å². The minimum absolute atomic E-state index is 0.00953. The molecule has 1 aliphatic heterocycles. The van der Waals surface area contributed by atoms with Gasteiger partial charge in [-0.1, -0.05) is 0 Å². The van der Waals surface area contributed by atoms with Crippen molar-refractivity contribution < 1.29 is 4.79 Å². The summed E-state index contributed by atoms with van der Waals surface area (Å²) < 4.78 is 1.82. The van der Waals surface area contributed by atoms with Crippen molar-refractivity contribution in [1.29, 1.82) is 0 Å². The maximum atomic E-state index is 12.5. The lowest BCUT2D eigenvalue weighted by Crippen LogP contribution is -2.38. The monoisotopic (exact) mass is 374 g/mol. The first kappa shape index (κ1) is 16.5. The number of aromatic nitrogens is 7. The number of pyridine rings is 1. The van der Waals surface area contributed by atoms with Crippen LogP contribution in [0.1, 0.15) is 34.9 Å². The van der Waals surface area contributed by atoms with Gasteiger partial charge in [-0.3, -0.25) is 14.9 Å². The highest BCUT2D eigenvalue weighted by Gasteiger charge is 2.28. The third-order valence-electron chi connectivity index (χ3n) is 5.14. The van der Waals surface area contributed by atoms with Crippen molar-refractivity contribution in [2.45, 2.75) is 18.8 Å². The Hall–Kier alpha value is -3.62. The Morgan fingerprint density at radius 1 is 1.11 bits per heavy atom. The molecule has 5 rings (SSSR count).